The van der Waals surface area contributed by atoms with E-state index in [-0.39, 0.29) is 6.10 Å². The first kappa shape index (κ1) is 16.3. The van der Waals surface area contributed by atoms with Crippen LogP contribution in [0.25, 0.3) is 33.7 Å². The Kier molecular flexibility index (Phi) is 4.03. The van der Waals surface area contributed by atoms with E-state index in [1.165, 1.54) is 43.8 Å². The summed E-state index contributed by atoms with van der Waals surface area (Å²) in [5, 5.41) is 5.12. The molecular formula is C26H22O. The smallest absolute Gasteiger partial charge is 0.0871 e. The monoisotopic (exact) mass is 350 g/mol. The molecule has 1 nitrogen and oxygen atoms in total. The molecule has 0 fully saturated rings. The number of hydrogen-bond acceptors (Lipinski definition) is 1. The lowest BCUT2D eigenvalue weighted by atomic mass is 9.88. The van der Waals surface area contributed by atoms with Gasteiger partial charge >= 0.3 is 0 Å². The fourth-order valence-corrected chi connectivity index (χ4v) is 4.17. The highest BCUT2D eigenvalue weighted by molar-refractivity contribution is 5.90. The number of fused-ring (bicyclic) bond motifs is 4. The topological polar surface area (TPSA) is 9.23 Å². The van der Waals surface area contributed by atoms with Crippen LogP contribution in [0, 0.1) is 0 Å². The van der Waals surface area contributed by atoms with E-state index in [1.54, 1.807) is 0 Å². The highest BCUT2D eigenvalue weighted by atomic mass is 16.5. The van der Waals surface area contributed by atoms with Crippen molar-refractivity contribution in [1.29, 1.82) is 0 Å². The summed E-state index contributed by atoms with van der Waals surface area (Å²) in [6.07, 6.45) is 5.47. The van der Waals surface area contributed by atoms with Crippen LogP contribution in [-0.2, 0) is 11.2 Å². The van der Waals surface area contributed by atoms with E-state index >= 15 is 0 Å². The third-order valence-electron chi connectivity index (χ3n) is 5.52. The second-order valence-corrected chi connectivity index (χ2v) is 7.21. The summed E-state index contributed by atoms with van der Waals surface area (Å²) < 4.78 is 6.23. The van der Waals surface area contributed by atoms with E-state index in [2.05, 4.69) is 91.9 Å². The quantitative estimate of drug-likeness (QED) is 0.386. The number of hydrogen-bond donors (Lipinski definition) is 0. The number of rotatable bonds is 2. The summed E-state index contributed by atoms with van der Waals surface area (Å²) >= 11 is 0. The standard InChI is InChI=1S/C26H22O/c1-2-27-26-17-24-15-20-9-4-3-7-18(20)13-22(24)11-12-23-14-19-8-5-6-10-21(19)16-25(23)26/h3-16,26H,2,17H2,1H3/b12-11-. The highest BCUT2D eigenvalue weighted by Crippen LogP contribution is 2.35. The van der Waals surface area contributed by atoms with Crippen LogP contribution < -0.4 is 0 Å². The van der Waals surface area contributed by atoms with Gasteiger partial charge in [-0.2, -0.15) is 0 Å². The Labute approximate surface area is 159 Å². The van der Waals surface area contributed by atoms with Gasteiger partial charge < -0.3 is 4.74 Å². The van der Waals surface area contributed by atoms with Crippen LogP contribution >= 0.6 is 0 Å². The zero-order valence-electron chi connectivity index (χ0n) is 15.5. The van der Waals surface area contributed by atoms with Gasteiger partial charge in [0.2, 0.25) is 0 Å². The second kappa shape index (κ2) is 6.68. The van der Waals surface area contributed by atoms with Gasteiger partial charge in [-0.15, -0.1) is 0 Å². The zero-order valence-corrected chi connectivity index (χ0v) is 15.5. The van der Waals surface area contributed by atoms with Crippen molar-refractivity contribution < 1.29 is 4.74 Å². The summed E-state index contributed by atoms with van der Waals surface area (Å²) in [7, 11) is 0. The predicted molar refractivity (Wildman–Crippen MR) is 115 cm³/mol. The van der Waals surface area contributed by atoms with Crippen molar-refractivity contribution in [3.8, 4) is 0 Å². The minimum Gasteiger partial charge on any atom is -0.373 e. The van der Waals surface area contributed by atoms with Crippen LogP contribution in [0.4, 0.5) is 0 Å². The van der Waals surface area contributed by atoms with Gasteiger partial charge in [-0.1, -0.05) is 66.7 Å². The molecule has 0 radical (unpaired) electrons. The molecule has 0 amide bonds. The molecule has 1 heteroatoms. The van der Waals surface area contributed by atoms with Crippen molar-refractivity contribution in [1.82, 2.24) is 0 Å². The maximum absolute atomic E-state index is 6.23. The van der Waals surface area contributed by atoms with Gasteiger partial charge in [0.25, 0.3) is 0 Å². The van der Waals surface area contributed by atoms with Crippen LogP contribution in [-0.4, -0.2) is 6.61 Å². The molecule has 0 spiro atoms. The molecule has 1 unspecified atom stereocenters. The number of ether oxygens (including phenoxy) is 1. The summed E-state index contributed by atoms with van der Waals surface area (Å²) in [6, 6.07) is 26.4. The van der Waals surface area contributed by atoms with Crippen LogP contribution in [0.2, 0.25) is 0 Å². The molecule has 0 heterocycles. The second-order valence-electron chi connectivity index (χ2n) is 7.21. The third kappa shape index (κ3) is 2.94. The minimum atomic E-state index is 0.0690. The largest absolute Gasteiger partial charge is 0.373 e. The Morgan fingerprint density at radius 2 is 1.30 bits per heavy atom. The minimum absolute atomic E-state index is 0.0690. The maximum atomic E-state index is 6.23. The molecule has 4 aromatic carbocycles. The molecule has 132 valence electrons. The van der Waals surface area contributed by atoms with Gasteiger partial charge in [-0.05, 0) is 68.9 Å². The Hall–Kier alpha value is -2.90. The summed E-state index contributed by atoms with van der Waals surface area (Å²) in [5.74, 6) is 0. The first-order valence-electron chi connectivity index (χ1n) is 9.66. The summed E-state index contributed by atoms with van der Waals surface area (Å²) in [4.78, 5) is 0. The lowest BCUT2D eigenvalue weighted by Crippen LogP contribution is -2.11. The van der Waals surface area contributed by atoms with E-state index in [0.29, 0.717) is 6.61 Å². The normalized spacial score (nSPS) is 17.1. The molecule has 0 bridgehead atoms. The van der Waals surface area contributed by atoms with Gasteiger partial charge in [0.05, 0.1) is 6.10 Å². The van der Waals surface area contributed by atoms with Crippen molar-refractivity contribution in [2.24, 2.45) is 0 Å². The molecule has 1 aliphatic rings. The SMILES string of the molecule is CCOC1Cc2cc3ccccc3cc2/C=C\c2cc3ccccc3cc21. The average Bonchev–Trinajstić information content (AvgIpc) is 2.70. The predicted octanol–water partition coefficient (Wildman–Crippen LogP) is 6.80. The molecule has 4 aromatic rings. The van der Waals surface area contributed by atoms with E-state index in [0.717, 1.165) is 6.42 Å². The molecule has 27 heavy (non-hydrogen) atoms. The molecule has 5 rings (SSSR count). The molecule has 1 atom stereocenters. The van der Waals surface area contributed by atoms with E-state index in [1.807, 2.05) is 0 Å². The lowest BCUT2D eigenvalue weighted by Gasteiger charge is -2.24. The zero-order chi connectivity index (χ0) is 18.2. The van der Waals surface area contributed by atoms with Gasteiger partial charge in [0.15, 0.2) is 0 Å². The van der Waals surface area contributed by atoms with E-state index < -0.39 is 0 Å². The molecule has 0 N–H and O–H groups in total. The van der Waals surface area contributed by atoms with Crippen LogP contribution in [0.15, 0.2) is 72.8 Å². The molecule has 0 aromatic heterocycles. The van der Waals surface area contributed by atoms with Crippen LogP contribution in [0.5, 0.6) is 0 Å². The molecule has 0 aliphatic heterocycles. The Balaban J connectivity index is 1.73. The van der Waals surface area contributed by atoms with Gasteiger partial charge in [-0.3, -0.25) is 0 Å². The summed E-state index contributed by atoms with van der Waals surface area (Å²) in [5.41, 5.74) is 5.18. The van der Waals surface area contributed by atoms with Crippen LogP contribution in [0.1, 0.15) is 35.3 Å². The molecule has 1 aliphatic carbocycles. The van der Waals surface area contributed by atoms with Gasteiger partial charge in [-0.25, -0.2) is 0 Å². The third-order valence-corrected chi connectivity index (χ3v) is 5.52. The van der Waals surface area contributed by atoms with Gasteiger partial charge in [0, 0.05) is 13.0 Å². The first-order valence-corrected chi connectivity index (χ1v) is 9.66. The fourth-order valence-electron chi connectivity index (χ4n) is 4.17. The summed E-state index contributed by atoms with van der Waals surface area (Å²) in [6.45, 7) is 2.79. The first-order chi connectivity index (χ1) is 13.3. The molecule has 0 saturated carbocycles. The van der Waals surface area contributed by atoms with E-state index in [9.17, 15) is 0 Å². The van der Waals surface area contributed by atoms with Crippen molar-refractivity contribution in [3.63, 3.8) is 0 Å². The van der Waals surface area contributed by atoms with E-state index in [4.69, 9.17) is 4.74 Å². The van der Waals surface area contributed by atoms with Crippen molar-refractivity contribution >= 4 is 33.7 Å². The van der Waals surface area contributed by atoms with Crippen molar-refractivity contribution in [2.75, 3.05) is 6.61 Å². The molecule has 0 saturated heterocycles. The lowest BCUT2D eigenvalue weighted by molar-refractivity contribution is 0.0627. The van der Waals surface area contributed by atoms with Gasteiger partial charge in [0.1, 0.15) is 0 Å². The van der Waals surface area contributed by atoms with Crippen molar-refractivity contribution in [2.45, 2.75) is 19.4 Å². The van der Waals surface area contributed by atoms with Crippen molar-refractivity contribution in [3.05, 3.63) is 95.1 Å². The Bertz CT molecular complexity index is 1170. The number of benzene rings is 4. The molecular weight excluding hydrogens is 328 g/mol. The Morgan fingerprint density at radius 3 is 1.96 bits per heavy atom. The Morgan fingerprint density at radius 1 is 0.741 bits per heavy atom. The van der Waals surface area contributed by atoms with Crippen LogP contribution in [0.3, 0.4) is 0 Å². The maximum Gasteiger partial charge on any atom is 0.0871 e. The average molecular weight is 350 g/mol. The highest BCUT2D eigenvalue weighted by Gasteiger charge is 2.20. The fraction of sp³-hybridized carbons (Fsp3) is 0.154.